The second kappa shape index (κ2) is 15.4. The van der Waals surface area contributed by atoms with Crippen molar-refractivity contribution >= 4 is 46.4 Å². The molecule has 0 unspecified atom stereocenters. The molecule has 0 radical (unpaired) electrons. The van der Waals surface area contributed by atoms with Gasteiger partial charge in [0.25, 0.3) is 0 Å². The number of aromatic amines is 2. The van der Waals surface area contributed by atoms with Gasteiger partial charge in [0.1, 0.15) is 0 Å². The van der Waals surface area contributed by atoms with Crippen molar-refractivity contribution in [3.05, 3.63) is 69.3 Å². The van der Waals surface area contributed by atoms with Crippen molar-refractivity contribution in [2.75, 3.05) is 0 Å². The largest absolute Gasteiger partial charge is 0.354 e. The van der Waals surface area contributed by atoms with Crippen molar-refractivity contribution in [3.63, 3.8) is 0 Å². The molecule has 0 aliphatic carbocycles. The van der Waals surface area contributed by atoms with Crippen molar-refractivity contribution < 1.29 is 0 Å². The summed E-state index contributed by atoms with van der Waals surface area (Å²) in [4.78, 5) is 17.5. The zero-order chi connectivity index (χ0) is 30.7. The number of aryl methyl sites for hydroxylation is 2. The quantitative estimate of drug-likeness (QED) is 0.101. The van der Waals surface area contributed by atoms with E-state index in [9.17, 15) is 0 Å². The molecule has 44 heavy (non-hydrogen) atoms. The van der Waals surface area contributed by atoms with Gasteiger partial charge in [-0.2, -0.15) is 0 Å². The predicted octanol–water partition coefficient (Wildman–Crippen LogP) is 10.4. The van der Waals surface area contributed by atoms with Crippen LogP contribution in [-0.2, 0) is 12.8 Å². The lowest BCUT2D eigenvalue weighted by atomic mass is 10.0. The molecule has 0 amide bonds. The van der Waals surface area contributed by atoms with Gasteiger partial charge in [0.05, 0.1) is 44.9 Å². The Kier molecular flexibility index (Phi) is 10.9. The Balaban J connectivity index is 1.66. The summed E-state index contributed by atoms with van der Waals surface area (Å²) in [5, 5.41) is 0. The molecule has 4 heteroatoms. The van der Waals surface area contributed by atoms with E-state index in [2.05, 4.69) is 84.2 Å². The maximum atomic E-state index is 6.13. The molecular formula is C40H46N4. The number of terminal acetylenes is 2. The van der Waals surface area contributed by atoms with Gasteiger partial charge in [-0.15, -0.1) is 12.8 Å². The Morgan fingerprint density at radius 3 is 1.27 bits per heavy atom. The summed E-state index contributed by atoms with van der Waals surface area (Å²) in [7, 11) is 0. The first kappa shape index (κ1) is 31.2. The minimum absolute atomic E-state index is 0.777. The molecule has 4 nitrogen and oxygen atoms in total. The predicted molar refractivity (Wildman–Crippen MR) is 189 cm³/mol. The fraction of sp³-hybridized carbons (Fsp3) is 0.400. The maximum absolute atomic E-state index is 6.13. The molecule has 2 aliphatic rings. The van der Waals surface area contributed by atoms with Crippen LogP contribution < -0.4 is 0 Å². The van der Waals surface area contributed by atoms with Crippen molar-refractivity contribution in [1.82, 2.24) is 19.9 Å². The van der Waals surface area contributed by atoms with Crippen molar-refractivity contribution in [3.8, 4) is 24.7 Å². The van der Waals surface area contributed by atoms with Crippen molar-refractivity contribution in [2.24, 2.45) is 0 Å². The number of fused-ring (bicyclic) bond motifs is 8. The van der Waals surface area contributed by atoms with Crippen molar-refractivity contribution in [2.45, 2.75) is 104 Å². The van der Waals surface area contributed by atoms with Gasteiger partial charge in [-0.3, -0.25) is 0 Å². The normalized spacial score (nSPS) is 12.0. The topological polar surface area (TPSA) is 57.4 Å². The molecule has 0 saturated heterocycles. The zero-order valence-corrected chi connectivity index (χ0v) is 26.6. The van der Waals surface area contributed by atoms with E-state index in [1.165, 1.54) is 75.3 Å². The number of hydrogen-bond acceptors (Lipinski definition) is 2. The van der Waals surface area contributed by atoms with Gasteiger partial charge >= 0.3 is 0 Å². The Labute approximate surface area is 263 Å². The van der Waals surface area contributed by atoms with Gasteiger partial charge in [-0.05, 0) is 74.3 Å². The molecule has 0 fully saturated rings. The van der Waals surface area contributed by atoms with Crippen LogP contribution in [-0.4, -0.2) is 19.9 Å². The number of unbranched alkanes of at least 4 members (excludes halogenated alkanes) is 10. The van der Waals surface area contributed by atoms with Crippen LogP contribution in [0.1, 0.15) is 136 Å². The van der Waals surface area contributed by atoms with Gasteiger partial charge in [-0.1, -0.05) is 89.9 Å². The Morgan fingerprint density at radius 1 is 0.500 bits per heavy atom. The first-order valence-electron chi connectivity index (χ1n) is 16.7. The average molecular weight is 583 g/mol. The number of aromatic nitrogens is 4. The summed E-state index contributed by atoms with van der Waals surface area (Å²) in [6.45, 7) is 4.51. The van der Waals surface area contributed by atoms with Gasteiger partial charge < -0.3 is 9.97 Å². The first-order chi connectivity index (χ1) is 21.7. The number of rotatable bonds is 14. The van der Waals surface area contributed by atoms with Gasteiger partial charge in [0.2, 0.25) is 0 Å². The van der Waals surface area contributed by atoms with E-state index in [1.807, 2.05) is 0 Å². The molecule has 8 bridgehead atoms. The van der Waals surface area contributed by atoms with Crippen LogP contribution in [0.4, 0.5) is 0 Å². The van der Waals surface area contributed by atoms with E-state index >= 15 is 0 Å². The van der Waals surface area contributed by atoms with E-state index in [-0.39, 0.29) is 0 Å². The summed E-state index contributed by atoms with van der Waals surface area (Å²) in [5.41, 5.74) is 11.4. The maximum Gasteiger partial charge on any atom is 0.0815 e. The molecule has 5 heterocycles. The van der Waals surface area contributed by atoms with E-state index in [0.29, 0.717) is 0 Å². The van der Waals surface area contributed by atoms with E-state index in [1.54, 1.807) is 0 Å². The summed E-state index contributed by atoms with van der Waals surface area (Å²) >= 11 is 0. The third-order valence-corrected chi connectivity index (χ3v) is 8.82. The monoisotopic (exact) mass is 582 g/mol. The SMILES string of the molecule is C#Cc1c2nc(c(CCCCCCCC)c3ccc([nH]3)c(C#C)c3nc(c(CCCCCCCC)c4ccc1[nH]4)C=C3)C=C2. The third-order valence-electron chi connectivity index (χ3n) is 8.82. The second-order valence-corrected chi connectivity index (χ2v) is 12.0. The number of nitrogens with zero attached hydrogens (tertiary/aromatic N) is 2. The molecule has 226 valence electrons. The van der Waals surface area contributed by atoms with E-state index < -0.39 is 0 Å². The lowest BCUT2D eigenvalue weighted by Crippen LogP contribution is -1.94. The van der Waals surface area contributed by atoms with Crippen LogP contribution in [0, 0.1) is 24.7 Å². The summed E-state index contributed by atoms with van der Waals surface area (Å²) in [6, 6.07) is 8.43. The number of hydrogen-bond donors (Lipinski definition) is 2. The number of H-pyrrole nitrogens is 2. The molecule has 0 spiro atoms. The molecular weight excluding hydrogens is 536 g/mol. The van der Waals surface area contributed by atoms with Crippen LogP contribution >= 0.6 is 0 Å². The second-order valence-electron chi connectivity index (χ2n) is 12.0. The van der Waals surface area contributed by atoms with E-state index in [4.69, 9.17) is 22.8 Å². The molecule has 3 aromatic rings. The van der Waals surface area contributed by atoms with Crippen molar-refractivity contribution in [1.29, 1.82) is 0 Å². The molecule has 2 aliphatic heterocycles. The molecule has 3 aromatic heterocycles. The van der Waals surface area contributed by atoms with E-state index in [0.717, 1.165) is 81.7 Å². The molecule has 2 N–H and O–H groups in total. The molecule has 0 atom stereocenters. The lowest BCUT2D eigenvalue weighted by molar-refractivity contribution is 0.607. The number of nitrogens with one attached hydrogen (secondary N) is 2. The highest BCUT2D eigenvalue weighted by Crippen LogP contribution is 2.28. The fourth-order valence-corrected chi connectivity index (χ4v) is 6.32. The van der Waals surface area contributed by atoms with Gasteiger partial charge in [0, 0.05) is 22.2 Å². The van der Waals surface area contributed by atoms with Crippen LogP contribution in [0.5, 0.6) is 0 Å². The zero-order valence-electron chi connectivity index (χ0n) is 26.6. The Bertz CT molecular complexity index is 1630. The Hall–Kier alpha value is -4.28. The van der Waals surface area contributed by atoms with Crippen LogP contribution in [0.3, 0.4) is 0 Å². The first-order valence-corrected chi connectivity index (χ1v) is 16.7. The minimum Gasteiger partial charge on any atom is -0.354 e. The van der Waals surface area contributed by atoms with Crippen LogP contribution in [0.15, 0.2) is 24.3 Å². The molecule has 5 rings (SSSR count). The highest BCUT2D eigenvalue weighted by molar-refractivity contribution is 5.85. The average Bonchev–Trinajstić information content (AvgIpc) is 3.86. The summed E-state index contributed by atoms with van der Waals surface area (Å²) < 4.78 is 0. The molecule has 0 saturated carbocycles. The minimum atomic E-state index is 0.777. The third kappa shape index (κ3) is 7.26. The lowest BCUT2D eigenvalue weighted by Gasteiger charge is -2.05. The van der Waals surface area contributed by atoms with Gasteiger partial charge in [-0.25, -0.2) is 9.97 Å². The fourth-order valence-electron chi connectivity index (χ4n) is 6.32. The smallest absolute Gasteiger partial charge is 0.0815 e. The standard InChI is InChI=1S/C40H46N4/c1-5-9-11-13-15-17-19-31-37-25-21-33(41-37)29(7-3)35-23-27-39(43-35)32(20-18-16-14-12-10-6-2)40-28-24-36(44-40)30(8-4)34-22-26-38(31)42-34/h3-4,21-28,41,44H,5-6,9-20H2,1-2H3. The Morgan fingerprint density at radius 2 is 0.864 bits per heavy atom. The van der Waals surface area contributed by atoms with Crippen LogP contribution in [0.25, 0.3) is 46.4 Å². The van der Waals surface area contributed by atoms with Gasteiger partial charge in [0.15, 0.2) is 0 Å². The highest BCUT2D eigenvalue weighted by Gasteiger charge is 2.15. The summed E-state index contributed by atoms with van der Waals surface area (Å²) in [5.74, 6) is 5.88. The molecule has 0 aromatic carbocycles. The highest BCUT2D eigenvalue weighted by atomic mass is 14.8. The summed E-state index contributed by atoms with van der Waals surface area (Å²) in [6.07, 6.45) is 37.3. The van der Waals surface area contributed by atoms with Crippen LogP contribution in [0.2, 0.25) is 0 Å².